The number of thiazole rings is 1. The van der Waals surface area contributed by atoms with Crippen molar-refractivity contribution in [3.8, 4) is 0 Å². The normalized spacial score (nSPS) is 17.4. The molecule has 0 spiro atoms. The first-order chi connectivity index (χ1) is 8.69. The van der Waals surface area contributed by atoms with Gasteiger partial charge in [-0.2, -0.15) is 0 Å². The van der Waals surface area contributed by atoms with Crippen LogP contribution in [0.25, 0.3) is 0 Å². The van der Waals surface area contributed by atoms with Crippen LogP contribution in [-0.2, 0) is 6.54 Å². The summed E-state index contributed by atoms with van der Waals surface area (Å²) in [5, 5.41) is 4.46. The highest BCUT2D eigenvalue weighted by Gasteiger charge is 2.19. The highest BCUT2D eigenvalue weighted by Crippen LogP contribution is 2.24. The number of rotatable bonds is 5. The summed E-state index contributed by atoms with van der Waals surface area (Å²) in [5.41, 5.74) is 1.23. The molecule has 0 aromatic carbocycles. The van der Waals surface area contributed by atoms with E-state index < -0.39 is 0 Å². The molecular formula is C14H26ClN3S. The molecule has 110 valence electrons. The van der Waals surface area contributed by atoms with E-state index in [9.17, 15) is 0 Å². The van der Waals surface area contributed by atoms with E-state index in [0.717, 1.165) is 19.0 Å². The molecule has 2 rings (SSSR count). The highest BCUT2D eigenvalue weighted by atomic mass is 35.5. The van der Waals surface area contributed by atoms with Crippen molar-refractivity contribution in [2.75, 3.05) is 26.7 Å². The summed E-state index contributed by atoms with van der Waals surface area (Å²) in [5.74, 6) is 0.929. The number of aromatic nitrogens is 1. The second-order valence-electron chi connectivity index (χ2n) is 5.35. The number of halogens is 1. The molecule has 2 heterocycles. The maximum absolute atomic E-state index is 4.52. The zero-order valence-electron chi connectivity index (χ0n) is 12.2. The molecule has 19 heavy (non-hydrogen) atoms. The molecule has 0 amide bonds. The predicted molar refractivity (Wildman–Crippen MR) is 85.4 cm³/mol. The quantitative estimate of drug-likeness (QED) is 0.906. The largest absolute Gasteiger partial charge is 0.320 e. The van der Waals surface area contributed by atoms with Gasteiger partial charge in [0, 0.05) is 11.4 Å². The fourth-order valence-electron chi connectivity index (χ4n) is 2.70. The monoisotopic (exact) mass is 303 g/mol. The molecule has 1 aromatic heterocycles. The Morgan fingerprint density at radius 2 is 2.00 bits per heavy atom. The first kappa shape index (κ1) is 16.9. The van der Waals surface area contributed by atoms with Gasteiger partial charge in [-0.25, -0.2) is 4.98 Å². The van der Waals surface area contributed by atoms with E-state index in [-0.39, 0.29) is 12.4 Å². The third kappa shape index (κ3) is 5.03. The van der Waals surface area contributed by atoms with Crippen molar-refractivity contribution in [1.29, 1.82) is 0 Å². The first-order valence-corrected chi connectivity index (χ1v) is 7.80. The summed E-state index contributed by atoms with van der Waals surface area (Å²) in [6.07, 6.45) is 4.06. The molecule has 0 bridgehead atoms. The van der Waals surface area contributed by atoms with E-state index in [0.29, 0.717) is 0 Å². The lowest BCUT2D eigenvalue weighted by molar-refractivity contribution is 0.173. The number of nitrogens with zero attached hydrogens (tertiary/aromatic N) is 2. The molecule has 1 saturated heterocycles. The Hall–Kier alpha value is -0.160. The van der Waals surface area contributed by atoms with Crippen LogP contribution in [0.4, 0.5) is 0 Å². The Kier molecular flexibility index (Phi) is 7.29. The van der Waals surface area contributed by atoms with Crippen LogP contribution in [0.15, 0.2) is 0 Å². The van der Waals surface area contributed by atoms with Gasteiger partial charge < -0.3 is 5.32 Å². The molecule has 0 unspecified atom stereocenters. The van der Waals surface area contributed by atoms with Crippen LogP contribution in [0.3, 0.4) is 0 Å². The Morgan fingerprint density at radius 3 is 2.53 bits per heavy atom. The molecule has 3 nitrogen and oxygen atoms in total. The average Bonchev–Trinajstić information content (AvgIpc) is 2.67. The smallest absolute Gasteiger partial charge is 0.0900 e. The summed E-state index contributed by atoms with van der Waals surface area (Å²) < 4.78 is 0. The average molecular weight is 304 g/mol. The zero-order chi connectivity index (χ0) is 13.0. The van der Waals surface area contributed by atoms with E-state index in [1.165, 1.54) is 47.9 Å². The van der Waals surface area contributed by atoms with Crippen LogP contribution in [0.2, 0.25) is 0 Å². The molecule has 1 aliphatic heterocycles. The summed E-state index contributed by atoms with van der Waals surface area (Å²) in [6, 6.07) is 0. The minimum absolute atomic E-state index is 0. The molecule has 1 aliphatic rings. The fraction of sp³-hybridized carbons (Fsp3) is 0.786. The second kappa shape index (κ2) is 8.20. The van der Waals surface area contributed by atoms with Crippen LogP contribution in [0.5, 0.6) is 0 Å². The van der Waals surface area contributed by atoms with Crippen LogP contribution < -0.4 is 5.32 Å². The fourth-order valence-corrected chi connectivity index (χ4v) is 3.68. The first-order valence-electron chi connectivity index (χ1n) is 6.99. The predicted octanol–water partition coefficient (Wildman–Crippen LogP) is 3.00. The van der Waals surface area contributed by atoms with Gasteiger partial charge in [-0.3, -0.25) is 4.90 Å². The van der Waals surface area contributed by atoms with Gasteiger partial charge >= 0.3 is 0 Å². The lowest BCUT2D eigenvalue weighted by Crippen LogP contribution is -2.34. The van der Waals surface area contributed by atoms with Gasteiger partial charge in [0.1, 0.15) is 0 Å². The van der Waals surface area contributed by atoms with Crippen molar-refractivity contribution in [3.05, 3.63) is 15.6 Å². The van der Waals surface area contributed by atoms with E-state index in [1.807, 2.05) is 18.4 Å². The van der Waals surface area contributed by atoms with Gasteiger partial charge in [-0.1, -0.05) is 0 Å². The number of hydrogen-bond donors (Lipinski definition) is 1. The summed E-state index contributed by atoms with van der Waals surface area (Å²) >= 11 is 1.86. The van der Waals surface area contributed by atoms with Crippen molar-refractivity contribution in [2.45, 2.75) is 39.7 Å². The lowest BCUT2D eigenvalue weighted by Gasteiger charge is -2.31. The standard InChI is InChI=1S/C14H25N3S.ClH/c1-11-14(18-12(2)16-11)10-17-8-5-13(6-9-17)4-7-15-3;/h13,15H,4-10H2,1-3H3;1H. The molecule has 0 saturated carbocycles. The molecule has 1 aromatic rings. The maximum atomic E-state index is 4.52. The van der Waals surface area contributed by atoms with E-state index in [2.05, 4.69) is 29.0 Å². The summed E-state index contributed by atoms with van der Waals surface area (Å²) in [6.45, 7) is 9.02. The number of piperidine rings is 1. The second-order valence-corrected chi connectivity index (χ2v) is 6.64. The molecule has 1 N–H and O–H groups in total. The van der Waals surface area contributed by atoms with Gasteiger partial charge in [-0.05, 0) is 65.7 Å². The Bertz CT molecular complexity index is 373. The van der Waals surface area contributed by atoms with Gasteiger partial charge in [0.25, 0.3) is 0 Å². The Balaban J connectivity index is 0.00000180. The molecular weight excluding hydrogens is 278 g/mol. The van der Waals surface area contributed by atoms with Crippen LogP contribution in [0.1, 0.15) is 34.8 Å². The third-order valence-electron chi connectivity index (χ3n) is 3.88. The minimum Gasteiger partial charge on any atom is -0.320 e. The minimum atomic E-state index is 0. The van der Waals surface area contributed by atoms with Crippen molar-refractivity contribution in [1.82, 2.24) is 15.2 Å². The number of aryl methyl sites for hydroxylation is 2. The Labute approximate surface area is 127 Å². The topological polar surface area (TPSA) is 28.2 Å². The van der Waals surface area contributed by atoms with E-state index in [1.54, 1.807) is 0 Å². The number of likely N-dealkylation sites (tertiary alicyclic amines) is 1. The van der Waals surface area contributed by atoms with E-state index >= 15 is 0 Å². The maximum Gasteiger partial charge on any atom is 0.0900 e. The van der Waals surface area contributed by atoms with Gasteiger partial charge in [-0.15, -0.1) is 23.7 Å². The Morgan fingerprint density at radius 1 is 1.32 bits per heavy atom. The summed E-state index contributed by atoms with van der Waals surface area (Å²) in [7, 11) is 2.05. The van der Waals surface area contributed by atoms with Crippen molar-refractivity contribution < 1.29 is 0 Å². The molecule has 0 atom stereocenters. The van der Waals surface area contributed by atoms with E-state index in [4.69, 9.17) is 0 Å². The third-order valence-corrected chi connectivity index (χ3v) is 4.93. The molecule has 5 heteroatoms. The van der Waals surface area contributed by atoms with Gasteiger partial charge in [0.2, 0.25) is 0 Å². The van der Waals surface area contributed by atoms with Crippen molar-refractivity contribution in [2.24, 2.45) is 5.92 Å². The highest BCUT2D eigenvalue weighted by molar-refractivity contribution is 7.11. The van der Waals surface area contributed by atoms with Crippen molar-refractivity contribution >= 4 is 23.7 Å². The molecule has 0 radical (unpaired) electrons. The molecule has 1 fully saturated rings. The summed E-state index contributed by atoms with van der Waals surface area (Å²) in [4.78, 5) is 8.57. The SMILES string of the molecule is CNCCC1CCN(Cc2sc(C)nc2C)CC1.Cl. The van der Waals surface area contributed by atoms with Crippen LogP contribution >= 0.6 is 23.7 Å². The number of hydrogen-bond acceptors (Lipinski definition) is 4. The molecule has 0 aliphatic carbocycles. The van der Waals surface area contributed by atoms with Gasteiger partial charge in [0.15, 0.2) is 0 Å². The number of nitrogens with one attached hydrogen (secondary N) is 1. The van der Waals surface area contributed by atoms with Crippen LogP contribution in [-0.4, -0.2) is 36.6 Å². The van der Waals surface area contributed by atoms with Crippen LogP contribution in [0, 0.1) is 19.8 Å². The van der Waals surface area contributed by atoms with Crippen molar-refractivity contribution in [3.63, 3.8) is 0 Å². The lowest BCUT2D eigenvalue weighted by atomic mass is 9.93. The zero-order valence-corrected chi connectivity index (χ0v) is 13.9. The van der Waals surface area contributed by atoms with Gasteiger partial charge in [0.05, 0.1) is 10.7 Å².